The molecule has 0 aliphatic carbocycles. The molecule has 1 rings (SSSR count). The van der Waals surface area contributed by atoms with Gasteiger partial charge < -0.3 is 11.1 Å². The maximum atomic E-state index is 5.15. The summed E-state index contributed by atoms with van der Waals surface area (Å²) in [5, 5.41) is 3.05. The van der Waals surface area contributed by atoms with E-state index in [0.29, 0.717) is 0 Å². The van der Waals surface area contributed by atoms with Gasteiger partial charge in [-0.1, -0.05) is 30.3 Å². The highest BCUT2D eigenvalue weighted by Crippen LogP contribution is 1.96. The maximum Gasteiger partial charge on any atom is 0.0395 e. The number of nitrogens with two attached hydrogens (primary N) is 1. The van der Waals surface area contributed by atoms with E-state index in [9.17, 15) is 0 Å². The molecule has 0 saturated carbocycles. The fourth-order valence-electron chi connectivity index (χ4n) is 0.841. The van der Waals surface area contributed by atoms with Crippen molar-refractivity contribution in [2.45, 2.75) is 6.54 Å². The van der Waals surface area contributed by atoms with Crippen molar-refractivity contribution in [3.63, 3.8) is 0 Å². The number of hydrogen-bond donors (Lipinski definition) is 2. The van der Waals surface area contributed by atoms with Gasteiger partial charge in [0.15, 0.2) is 0 Å². The highest BCUT2D eigenvalue weighted by molar-refractivity contribution is 5.14. The van der Waals surface area contributed by atoms with Crippen LogP contribution in [-0.2, 0) is 6.54 Å². The molecule has 0 amide bonds. The quantitative estimate of drug-likeness (QED) is 0.676. The van der Waals surface area contributed by atoms with Gasteiger partial charge >= 0.3 is 0 Å². The topological polar surface area (TPSA) is 38.0 Å². The van der Waals surface area contributed by atoms with Crippen molar-refractivity contribution in [3.8, 4) is 0 Å². The van der Waals surface area contributed by atoms with Crippen molar-refractivity contribution in [2.24, 2.45) is 5.73 Å². The Kier molecular flexibility index (Phi) is 3.06. The van der Waals surface area contributed by atoms with Crippen molar-refractivity contribution in [2.75, 3.05) is 0 Å². The number of nitrogens with one attached hydrogen (secondary N) is 1. The third-order valence-corrected chi connectivity index (χ3v) is 1.36. The lowest BCUT2D eigenvalue weighted by atomic mass is 10.2. The first-order chi connectivity index (χ1) is 5.43. The molecule has 0 radical (unpaired) electrons. The molecule has 3 N–H and O–H groups in total. The van der Waals surface area contributed by atoms with Crippen LogP contribution in [0.4, 0.5) is 0 Å². The van der Waals surface area contributed by atoms with Crippen LogP contribution in [0.1, 0.15) is 5.56 Å². The summed E-state index contributed by atoms with van der Waals surface area (Å²) in [6.07, 6.45) is 3.22. The van der Waals surface area contributed by atoms with E-state index >= 15 is 0 Å². The van der Waals surface area contributed by atoms with Crippen LogP contribution in [0.3, 0.4) is 0 Å². The van der Waals surface area contributed by atoms with Gasteiger partial charge in [0, 0.05) is 18.9 Å². The van der Waals surface area contributed by atoms with Crippen LogP contribution in [0.15, 0.2) is 42.7 Å². The SMILES string of the molecule is N/C=C\NCc1ccccc1. The molecule has 1 aromatic rings. The standard InChI is InChI=1S/C9H12N2/c10-6-7-11-8-9-4-2-1-3-5-9/h1-7,11H,8,10H2/b7-6-. The van der Waals surface area contributed by atoms with Crippen LogP contribution in [0, 0.1) is 0 Å². The Morgan fingerprint density at radius 1 is 1.27 bits per heavy atom. The number of rotatable bonds is 3. The first kappa shape index (κ1) is 7.66. The minimum Gasteiger partial charge on any atom is -0.403 e. The molecule has 0 fully saturated rings. The van der Waals surface area contributed by atoms with Gasteiger partial charge in [0.05, 0.1) is 0 Å². The van der Waals surface area contributed by atoms with Crippen LogP contribution in [0.25, 0.3) is 0 Å². The van der Waals surface area contributed by atoms with Crippen molar-refractivity contribution in [3.05, 3.63) is 48.3 Å². The molecule has 1 aromatic carbocycles. The van der Waals surface area contributed by atoms with E-state index in [0.717, 1.165) is 6.54 Å². The fourth-order valence-corrected chi connectivity index (χ4v) is 0.841. The summed E-state index contributed by atoms with van der Waals surface area (Å²) < 4.78 is 0. The first-order valence-electron chi connectivity index (χ1n) is 3.57. The summed E-state index contributed by atoms with van der Waals surface area (Å²) >= 11 is 0. The summed E-state index contributed by atoms with van der Waals surface area (Å²) in [7, 11) is 0. The molecule has 0 atom stereocenters. The summed E-state index contributed by atoms with van der Waals surface area (Å²) in [5.41, 5.74) is 6.40. The average molecular weight is 148 g/mol. The van der Waals surface area contributed by atoms with Gasteiger partial charge in [0.2, 0.25) is 0 Å². The van der Waals surface area contributed by atoms with Crippen LogP contribution >= 0.6 is 0 Å². The molecule has 0 heterocycles. The fraction of sp³-hybridized carbons (Fsp3) is 0.111. The zero-order valence-corrected chi connectivity index (χ0v) is 6.33. The van der Waals surface area contributed by atoms with Gasteiger partial charge in [-0.3, -0.25) is 0 Å². The minimum absolute atomic E-state index is 0.828. The Hall–Kier alpha value is -1.44. The Morgan fingerprint density at radius 2 is 2.00 bits per heavy atom. The molecule has 0 aromatic heterocycles. The number of benzene rings is 1. The Balaban J connectivity index is 2.39. The lowest BCUT2D eigenvalue weighted by Gasteiger charge is -1.98. The van der Waals surface area contributed by atoms with E-state index in [1.165, 1.54) is 11.8 Å². The molecule has 0 spiro atoms. The second-order valence-corrected chi connectivity index (χ2v) is 2.23. The molecular weight excluding hydrogens is 136 g/mol. The molecule has 2 heteroatoms. The second kappa shape index (κ2) is 4.39. The van der Waals surface area contributed by atoms with Gasteiger partial charge in [-0.05, 0) is 5.56 Å². The summed E-state index contributed by atoms with van der Waals surface area (Å²) in [6, 6.07) is 10.2. The van der Waals surface area contributed by atoms with E-state index < -0.39 is 0 Å². The van der Waals surface area contributed by atoms with E-state index in [-0.39, 0.29) is 0 Å². The van der Waals surface area contributed by atoms with Gasteiger partial charge in [0.25, 0.3) is 0 Å². The van der Waals surface area contributed by atoms with E-state index in [1.54, 1.807) is 6.20 Å². The van der Waals surface area contributed by atoms with Gasteiger partial charge in [-0.2, -0.15) is 0 Å². The second-order valence-electron chi connectivity index (χ2n) is 2.23. The minimum atomic E-state index is 0.828. The van der Waals surface area contributed by atoms with Crippen LogP contribution in [0.2, 0.25) is 0 Å². The largest absolute Gasteiger partial charge is 0.403 e. The average Bonchev–Trinajstić information content (AvgIpc) is 2.07. The molecule has 11 heavy (non-hydrogen) atoms. The highest BCUT2D eigenvalue weighted by atomic mass is 14.8. The van der Waals surface area contributed by atoms with Crippen LogP contribution < -0.4 is 11.1 Å². The van der Waals surface area contributed by atoms with Crippen LogP contribution in [-0.4, -0.2) is 0 Å². The summed E-state index contributed by atoms with van der Waals surface area (Å²) in [6.45, 7) is 0.828. The van der Waals surface area contributed by atoms with Crippen molar-refractivity contribution in [1.82, 2.24) is 5.32 Å². The zero-order chi connectivity index (χ0) is 7.94. The van der Waals surface area contributed by atoms with Crippen molar-refractivity contribution >= 4 is 0 Å². The lowest BCUT2D eigenvalue weighted by molar-refractivity contribution is 0.867. The highest BCUT2D eigenvalue weighted by Gasteiger charge is 1.84. The van der Waals surface area contributed by atoms with Crippen molar-refractivity contribution in [1.29, 1.82) is 0 Å². The smallest absolute Gasteiger partial charge is 0.0395 e. The summed E-state index contributed by atoms with van der Waals surface area (Å²) in [4.78, 5) is 0. The molecule has 0 bridgehead atoms. The third-order valence-electron chi connectivity index (χ3n) is 1.36. The molecule has 0 unspecified atom stereocenters. The molecule has 0 saturated heterocycles. The van der Waals surface area contributed by atoms with E-state index in [1.807, 2.05) is 18.2 Å². The molecule has 2 nitrogen and oxygen atoms in total. The third kappa shape index (κ3) is 2.76. The summed E-state index contributed by atoms with van der Waals surface area (Å²) in [5.74, 6) is 0. The predicted molar refractivity (Wildman–Crippen MR) is 46.6 cm³/mol. The molecule has 58 valence electrons. The predicted octanol–water partition coefficient (Wildman–Crippen LogP) is 1.21. The zero-order valence-electron chi connectivity index (χ0n) is 6.33. The van der Waals surface area contributed by atoms with Gasteiger partial charge in [-0.25, -0.2) is 0 Å². The van der Waals surface area contributed by atoms with E-state index in [4.69, 9.17) is 5.73 Å². The van der Waals surface area contributed by atoms with Crippen LogP contribution in [0.5, 0.6) is 0 Å². The van der Waals surface area contributed by atoms with Gasteiger partial charge in [0.1, 0.15) is 0 Å². The Morgan fingerprint density at radius 3 is 2.64 bits per heavy atom. The molecule has 0 aliphatic heterocycles. The Labute approximate surface area is 66.7 Å². The van der Waals surface area contributed by atoms with Gasteiger partial charge in [-0.15, -0.1) is 0 Å². The van der Waals surface area contributed by atoms with Crippen molar-refractivity contribution < 1.29 is 0 Å². The molecular formula is C9H12N2. The normalized spacial score (nSPS) is 10.2. The molecule has 0 aliphatic rings. The monoisotopic (exact) mass is 148 g/mol. The Bertz CT molecular complexity index is 216. The lowest BCUT2D eigenvalue weighted by Crippen LogP contribution is -2.04. The maximum absolute atomic E-state index is 5.15. The van der Waals surface area contributed by atoms with E-state index in [2.05, 4.69) is 17.4 Å². The number of hydrogen-bond acceptors (Lipinski definition) is 2. The first-order valence-corrected chi connectivity index (χ1v) is 3.57.